The molecule has 0 amide bonds. The van der Waals surface area contributed by atoms with Crippen molar-refractivity contribution in [3.05, 3.63) is 34.1 Å². The summed E-state index contributed by atoms with van der Waals surface area (Å²) in [5.41, 5.74) is 0.123. The van der Waals surface area contributed by atoms with Gasteiger partial charge in [0.25, 0.3) is 0 Å². The van der Waals surface area contributed by atoms with Crippen molar-refractivity contribution < 1.29 is 13.9 Å². The van der Waals surface area contributed by atoms with Gasteiger partial charge >= 0.3 is 5.97 Å². The number of alkyl halides is 1. The Bertz CT molecular complexity index is 370. The van der Waals surface area contributed by atoms with Crippen LogP contribution in [-0.4, -0.2) is 12.6 Å². The topological polar surface area (TPSA) is 26.3 Å². The van der Waals surface area contributed by atoms with Gasteiger partial charge in [0.2, 0.25) is 0 Å². The Morgan fingerprint density at radius 3 is 2.87 bits per heavy atom. The molecule has 0 spiro atoms. The molecule has 0 bridgehead atoms. The van der Waals surface area contributed by atoms with Gasteiger partial charge < -0.3 is 4.74 Å². The standard InChI is InChI=1S/C10H9BrClFO2/c1-2-15-10(14)9(12)7-4-3-6(11)5-8(7)13/h3-5,9H,2H2,1H3/t9-/m1/s1. The molecule has 0 saturated heterocycles. The Labute approximate surface area is 101 Å². The predicted molar refractivity (Wildman–Crippen MR) is 59.3 cm³/mol. The first-order chi connectivity index (χ1) is 7.06. The number of ether oxygens (including phenoxy) is 1. The van der Waals surface area contributed by atoms with Crippen LogP contribution in [0.5, 0.6) is 0 Å². The zero-order chi connectivity index (χ0) is 11.4. The molecule has 1 rings (SSSR count). The summed E-state index contributed by atoms with van der Waals surface area (Å²) in [6, 6.07) is 4.32. The highest BCUT2D eigenvalue weighted by molar-refractivity contribution is 9.10. The van der Waals surface area contributed by atoms with E-state index in [9.17, 15) is 9.18 Å². The second-order valence-electron chi connectivity index (χ2n) is 2.78. The molecule has 0 aromatic heterocycles. The van der Waals surface area contributed by atoms with Crippen LogP contribution in [0.4, 0.5) is 4.39 Å². The summed E-state index contributed by atoms with van der Waals surface area (Å²) < 4.78 is 18.7. The van der Waals surface area contributed by atoms with E-state index in [1.165, 1.54) is 12.1 Å². The summed E-state index contributed by atoms with van der Waals surface area (Å²) in [6.45, 7) is 1.89. The van der Waals surface area contributed by atoms with Gasteiger partial charge in [0.1, 0.15) is 5.82 Å². The number of halogens is 3. The summed E-state index contributed by atoms with van der Waals surface area (Å²) in [5, 5.41) is -1.10. The van der Waals surface area contributed by atoms with Crippen LogP contribution in [0.2, 0.25) is 0 Å². The van der Waals surface area contributed by atoms with Gasteiger partial charge in [-0.25, -0.2) is 4.39 Å². The Morgan fingerprint density at radius 1 is 1.67 bits per heavy atom. The maximum absolute atomic E-state index is 13.4. The van der Waals surface area contributed by atoms with E-state index in [1.807, 2.05) is 0 Å². The Balaban J connectivity index is 2.91. The van der Waals surface area contributed by atoms with Crippen molar-refractivity contribution in [2.45, 2.75) is 12.3 Å². The van der Waals surface area contributed by atoms with E-state index in [4.69, 9.17) is 16.3 Å². The first-order valence-corrected chi connectivity index (χ1v) is 5.55. The van der Waals surface area contributed by atoms with E-state index in [0.717, 1.165) is 0 Å². The zero-order valence-corrected chi connectivity index (χ0v) is 10.3. The summed E-state index contributed by atoms with van der Waals surface area (Å²) in [6.07, 6.45) is 0. The first-order valence-electron chi connectivity index (χ1n) is 4.32. The smallest absolute Gasteiger partial charge is 0.328 e. The molecule has 0 unspecified atom stereocenters. The average molecular weight is 296 g/mol. The number of hydrogen-bond acceptors (Lipinski definition) is 2. The molecule has 0 heterocycles. The van der Waals surface area contributed by atoms with Crippen molar-refractivity contribution in [1.82, 2.24) is 0 Å². The average Bonchev–Trinajstić information content (AvgIpc) is 2.17. The van der Waals surface area contributed by atoms with Crippen molar-refractivity contribution in [2.24, 2.45) is 0 Å². The monoisotopic (exact) mass is 294 g/mol. The minimum absolute atomic E-state index is 0.123. The van der Waals surface area contributed by atoms with Crippen molar-refractivity contribution in [3.63, 3.8) is 0 Å². The fourth-order valence-corrected chi connectivity index (χ4v) is 1.62. The molecule has 0 fully saturated rings. The van der Waals surface area contributed by atoms with Crippen LogP contribution < -0.4 is 0 Å². The molecule has 0 aliphatic carbocycles. The third-order valence-corrected chi connectivity index (χ3v) is 2.64. The quantitative estimate of drug-likeness (QED) is 0.631. The molecule has 5 heteroatoms. The second-order valence-corrected chi connectivity index (χ2v) is 4.13. The number of esters is 1. The third-order valence-electron chi connectivity index (χ3n) is 1.73. The fraction of sp³-hybridized carbons (Fsp3) is 0.300. The minimum atomic E-state index is -1.10. The zero-order valence-electron chi connectivity index (χ0n) is 7.97. The molecule has 0 aliphatic rings. The van der Waals surface area contributed by atoms with Gasteiger partial charge in [-0.1, -0.05) is 22.0 Å². The molecule has 0 saturated carbocycles. The molecule has 1 aromatic carbocycles. The highest BCUT2D eigenvalue weighted by Crippen LogP contribution is 2.26. The van der Waals surface area contributed by atoms with E-state index in [2.05, 4.69) is 15.9 Å². The molecule has 1 atom stereocenters. The molecular formula is C10H9BrClFO2. The lowest BCUT2D eigenvalue weighted by Crippen LogP contribution is -2.12. The van der Waals surface area contributed by atoms with Gasteiger partial charge in [0.15, 0.2) is 5.38 Å². The molecule has 0 radical (unpaired) electrons. The van der Waals surface area contributed by atoms with Crippen molar-refractivity contribution in [1.29, 1.82) is 0 Å². The first kappa shape index (κ1) is 12.5. The van der Waals surface area contributed by atoms with Crippen LogP contribution in [0.15, 0.2) is 22.7 Å². The molecule has 15 heavy (non-hydrogen) atoms. The van der Waals surface area contributed by atoms with E-state index < -0.39 is 17.2 Å². The lowest BCUT2D eigenvalue weighted by Gasteiger charge is -2.09. The maximum atomic E-state index is 13.4. The van der Waals surface area contributed by atoms with Gasteiger partial charge in [0.05, 0.1) is 6.61 Å². The highest BCUT2D eigenvalue weighted by Gasteiger charge is 2.22. The van der Waals surface area contributed by atoms with Crippen LogP contribution in [-0.2, 0) is 9.53 Å². The van der Waals surface area contributed by atoms with E-state index in [1.54, 1.807) is 13.0 Å². The van der Waals surface area contributed by atoms with Gasteiger partial charge in [-0.15, -0.1) is 11.6 Å². The van der Waals surface area contributed by atoms with Crippen LogP contribution in [0.1, 0.15) is 17.9 Å². The van der Waals surface area contributed by atoms with E-state index in [-0.39, 0.29) is 12.2 Å². The largest absolute Gasteiger partial charge is 0.465 e. The number of rotatable bonds is 3. The van der Waals surface area contributed by atoms with E-state index in [0.29, 0.717) is 4.47 Å². The van der Waals surface area contributed by atoms with Crippen LogP contribution >= 0.6 is 27.5 Å². The Kier molecular flexibility index (Phi) is 4.54. The summed E-state index contributed by atoms with van der Waals surface area (Å²) in [4.78, 5) is 11.2. The lowest BCUT2D eigenvalue weighted by atomic mass is 10.1. The van der Waals surface area contributed by atoms with Crippen LogP contribution in [0.25, 0.3) is 0 Å². The van der Waals surface area contributed by atoms with E-state index >= 15 is 0 Å². The van der Waals surface area contributed by atoms with Gasteiger partial charge in [-0.3, -0.25) is 4.79 Å². The fourth-order valence-electron chi connectivity index (χ4n) is 1.05. The summed E-state index contributed by atoms with van der Waals surface area (Å²) >= 11 is 8.88. The molecular weight excluding hydrogens is 286 g/mol. The van der Waals surface area contributed by atoms with Crippen molar-refractivity contribution >= 4 is 33.5 Å². The Morgan fingerprint density at radius 2 is 2.33 bits per heavy atom. The van der Waals surface area contributed by atoms with Gasteiger partial charge in [-0.05, 0) is 19.1 Å². The van der Waals surface area contributed by atoms with Crippen LogP contribution in [0, 0.1) is 5.82 Å². The normalized spacial score (nSPS) is 12.3. The number of carbonyl (C=O) groups is 1. The van der Waals surface area contributed by atoms with Gasteiger partial charge in [0, 0.05) is 10.0 Å². The SMILES string of the molecule is CCOC(=O)[C@H](Cl)c1ccc(Br)cc1F. The molecule has 2 nitrogen and oxygen atoms in total. The number of hydrogen-bond donors (Lipinski definition) is 0. The highest BCUT2D eigenvalue weighted by atomic mass is 79.9. The van der Waals surface area contributed by atoms with Gasteiger partial charge in [-0.2, -0.15) is 0 Å². The Hall–Kier alpha value is -0.610. The minimum Gasteiger partial charge on any atom is -0.465 e. The molecule has 1 aromatic rings. The summed E-state index contributed by atoms with van der Waals surface area (Å²) in [7, 11) is 0. The van der Waals surface area contributed by atoms with Crippen LogP contribution in [0.3, 0.4) is 0 Å². The number of benzene rings is 1. The lowest BCUT2D eigenvalue weighted by molar-refractivity contribution is -0.142. The maximum Gasteiger partial charge on any atom is 0.328 e. The molecule has 0 N–H and O–H groups in total. The van der Waals surface area contributed by atoms with Crippen molar-refractivity contribution in [3.8, 4) is 0 Å². The number of carbonyl (C=O) groups excluding carboxylic acids is 1. The third kappa shape index (κ3) is 3.18. The molecule has 82 valence electrons. The van der Waals surface area contributed by atoms with Crippen molar-refractivity contribution in [2.75, 3.05) is 6.61 Å². The second kappa shape index (κ2) is 5.47. The predicted octanol–water partition coefficient (Wildman–Crippen LogP) is 3.43. The molecule has 0 aliphatic heterocycles. The summed E-state index contributed by atoms with van der Waals surface area (Å²) in [5.74, 6) is -1.17.